The Balaban J connectivity index is 3.94. The summed E-state index contributed by atoms with van der Waals surface area (Å²) in [7, 11) is 4.01. The van der Waals surface area contributed by atoms with Crippen molar-refractivity contribution in [2.75, 3.05) is 21.3 Å². The second kappa shape index (κ2) is 18.0. The summed E-state index contributed by atoms with van der Waals surface area (Å²) in [6.45, 7) is 6.45. The van der Waals surface area contributed by atoms with Crippen LogP contribution in [0.3, 0.4) is 0 Å². The molecule has 204 valence electrons. The molecule has 0 atom stereocenters. The Morgan fingerprint density at radius 2 is 0.750 bits per heavy atom. The molecule has 0 bridgehead atoms. The fraction of sp³-hybridized carbons (Fsp3) is 0.700. The lowest BCUT2D eigenvalue weighted by atomic mass is 9.80. The number of ether oxygens (including phenoxy) is 3. The monoisotopic (exact) mass is 504 g/mol. The Morgan fingerprint density at radius 1 is 0.444 bits per heavy atom. The minimum atomic E-state index is -0.613. The average molecular weight is 505 g/mol. The molecular formula is C30H48O6. The summed E-state index contributed by atoms with van der Waals surface area (Å²) in [4.78, 5) is 39.7. The van der Waals surface area contributed by atoms with Crippen molar-refractivity contribution in [3.63, 3.8) is 0 Å². The highest BCUT2D eigenvalue weighted by molar-refractivity contribution is 6.09. The zero-order valence-electron chi connectivity index (χ0n) is 23.6. The molecule has 0 N–H and O–H groups in total. The van der Waals surface area contributed by atoms with Crippen LogP contribution in [0.2, 0.25) is 0 Å². The molecule has 1 aromatic rings. The van der Waals surface area contributed by atoms with Gasteiger partial charge in [-0.15, -0.1) is 0 Å². The van der Waals surface area contributed by atoms with E-state index in [0.29, 0.717) is 30.4 Å². The Bertz CT molecular complexity index is 843. The smallest absolute Gasteiger partial charge is 0.339 e. The van der Waals surface area contributed by atoms with Gasteiger partial charge in [-0.3, -0.25) is 0 Å². The van der Waals surface area contributed by atoms with Crippen molar-refractivity contribution in [1.82, 2.24) is 0 Å². The number of carbonyl (C=O) groups excluding carboxylic acids is 3. The second-order valence-corrected chi connectivity index (χ2v) is 9.47. The summed E-state index contributed by atoms with van der Waals surface area (Å²) in [5.74, 6) is -1.62. The minimum Gasteiger partial charge on any atom is -0.465 e. The molecule has 0 saturated heterocycles. The molecule has 0 aliphatic heterocycles. The van der Waals surface area contributed by atoms with Crippen molar-refractivity contribution in [1.29, 1.82) is 0 Å². The highest BCUT2D eigenvalue weighted by Gasteiger charge is 2.33. The summed E-state index contributed by atoms with van der Waals surface area (Å²) in [6, 6.07) is 0. The average Bonchev–Trinajstić information content (AvgIpc) is 2.90. The predicted octanol–water partition coefficient (Wildman–Crippen LogP) is 7.41. The Hall–Kier alpha value is -2.37. The quantitative estimate of drug-likeness (QED) is 0.118. The van der Waals surface area contributed by atoms with Crippen molar-refractivity contribution in [2.45, 2.75) is 117 Å². The number of hydrogen-bond acceptors (Lipinski definition) is 6. The van der Waals surface area contributed by atoms with Crippen LogP contribution in [0.4, 0.5) is 0 Å². The summed E-state index contributed by atoms with van der Waals surface area (Å²) >= 11 is 0. The second-order valence-electron chi connectivity index (χ2n) is 9.47. The van der Waals surface area contributed by atoms with E-state index in [1.807, 2.05) is 0 Å². The van der Waals surface area contributed by atoms with Crippen LogP contribution in [-0.4, -0.2) is 39.2 Å². The van der Waals surface area contributed by atoms with Gasteiger partial charge in [0.2, 0.25) is 0 Å². The number of methoxy groups -OCH3 is 3. The van der Waals surface area contributed by atoms with Crippen LogP contribution in [0, 0.1) is 0 Å². The normalized spacial score (nSPS) is 10.8. The van der Waals surface area contributed by atoms with E-state index in [4.69, 9.17) is 14.2 Å². The number of unbranched alkanes of at least 4 members (excludes halogenated alkanes) is 9. The zero-order chi connectivity index (χ0) is 26.9. The van der Waals surface area contributed by atoms with Crippen LogP contribution < -0.4 is 0 Å². The molecular weight excluding hydrogens is 456 g/mol. The summed E-state index contributed by atoms with van der Waals surface area (Å²) in [5, 5.41) is 0. The molecule has 0 fully saturated rings. The standard InChI is InChI=1S/C30H48O6/c1-7-10-13-16-19-22-23(20-17-14-11-8-2)26(29(32)35-5)27(30(33)36-6)24(21-18-15-12-9-3)25(22)28(31)34-4/h7-21H2,1-6H3. The van der Waals surface area contributed by atoms with Crippen LogP contribution >= 0.6 is 0 Å². The van der Waals surface area contributed by atoms with Crippen molar-refractivity contribution in [2.24, 2.45) is 0 Å². The third kappa shape index (κ3) is 8.94. The Morgan fingerprint density at radius 3 is 1.11 bits per heavy atom. The SMILES string of the molecule is CCCCCCc1c(CCCCCC)c(C(=O)OC)c(C(=O)OC)c(CCCCCC)c1C(=O)OC. The van der Waals surface area contributed by atoms with Gasteiger partial charge in [0, 0.05) is 0 Å². The third-order valence-corrected chi connectivity index (χ3v) is 6.83. The first-order valence-corrected chi connectivity index (χ1v) is 13.9. The molecule has 0 amide bonds. The van der Waals surface area contributed by atoms with Crippen molar-refractivity contribution < 1.29 is 28.6 Å². The van der Waals surface area contributed by atoms with Gasteiger partial charge in [-0.05, 0) is 55.2 Å². The maximum Gasteiger partial charge on any atom is 0.339 e. The fourth-order valence-corrected chi connectivity index (χ4v) is 4.90. The van der Waals surface area contributed by atoms with Crippen molar-refractivity contribution >= 4 is 17.9 Å². The van der Waals surface area contributed by atoms with E-state index in [-0.39, 0.29) is 11.1 Å². The largest absolute Gasteiger partial charge is 0.465 e. The van der Waals surface area contributed by atoms with E-state index in [2.05, 4.69) is 20.8 Å². The summed E-state index contributed by atoms with van der Waals surface area (Å²) in [6.07, 6.45) is 13.8. The lowest BCUT2D eigenvalue weighted by Gasteiger charge is -2.24. The van der Waals surface area contributed by atoms with Gasteiger partial charge in [0.05, 0.1) is 38.0 Å². The molecule has 0 spiro atoms. The van der Waals surface area contributed by atoms with Gasteiger partial charge in [0.25, 0.3) is 0 Å². The molecule has 0 aromatic heterocycles. The first kappa shape index (κ1) is 31.7. The molecule has 36 heavy (non-hydrogen) atoms. The van der Waals surface area contributed by atoms with E-state index in [1.165, 1.54) is 21.3 Å². The molecule has 0 unspecified atom stereocenters. The van der Waals surface area contributed by atoms with Crippen molar-refractivity contribution in [3.05, 3.63) is 33.4 Å². The van der Waals surface area contributed by atoms with Gasteiger partial charge < -0.3 is 14.2 Å². The Labute approximate surface area is 218 Å². The van der Waals surface area contributed by atoms with E-state index in [1.54, 1.807) is 0 Å². The molecule has 6 nitrogen and oxygen atoms in total. The Kier molecular flexibility index (Phi) is 15.8. The van der Waals surface area contributed by atoms with E-state index < -0.39 is 17.9 Å². The molecule has 1 rings (SSSR count). The van der Waals surface area contributed by atoms with Gasteiger partial charge in [-0.2, -0.15) is 0 Å². The van der Waals surface area contributed by atoms with Gasteiger partial charge in [0.15, 0.2) is 0 Å². The van der Waals surface area contributed by atoms with E-state index in [9.17, 15) is 14.4 Å². The van der Waals surface area contributed by atoms with Gasteiger partial charge >= 0.3 is 17.9 Å². The molecule has 1 aromatic carbocycles. The van der Waals surface area contributed by atoms with Crippen LogP contribution in [0.5, 0.6) is 0 Å². The topological polar surface area (TPSA) is 78.9 Å². The van der Waals surface area contributed by atoms with E-state index in [0.717, 1.165) is 88.2 Å². The van der Waals surface area contributed by atoms with E-state index >= 15 is 0 Å². The molecule has 6 heteroatoms. The van der Waals surface area contributed by atoms with Crippen LogP contribution in [0.25, 0.3) is 0 Å². The van der Waals surface area contributed by atoms with Gasteiger partial charge in [0.1, 0.15) is 0 Å². The number of benzene rings is 1. The van der Waals surface area contributed by atoms with Crippen LogP contribution in [0.15, 0.2) is 0 Å². The van der Waals surface area contributed by atoms with Crippen LogP contribution in [0.1, 0.15) is 146 Å². The first-order chi connectivity index (χ1) is 17.4. The number of hydrogen-bond donors (Lipinski definition) is 0. The van der Waals surface area contributed by atoms with Gasteiger partial charge in [-0.1, -0.05) is 78.6 Å². The van der Waals surface area contributed by atoms with Crippen molar-refractivity contribution in [3.8, 4) is 0 Å². The van der Waals surface area contributed by atoms with Crippen LogP contribution in [-0.2, 0) is 33.5 Å². The fourth-order valence-electron chi connectivity index (χ4n) is 4.90. The lowest BCUT2D eigenvalue weighted by Crippen LogP contribution is -2.24. The number of esters is 3. The summed E-state index contributed by atoms with van der Waals surface area (Å²) < 4.78 is 15.6. The number of rotatable bonds is 18. The minimum absolute atomic E-state index is 0.170. The van der Waals surface area contributed by atoms with Gasteiger partial charge in [-0.25, -0.2) is 14.4 Å². The zero-order valence-corrected chi connectivity index (χ0v) is 23.6. The first-order valence-electron chi connectivity index (χ1n) is 13.9. The maximum absolute atomic E-state index is 13.3. The molecule has 0 aliphatic rings. The highest BCUT2D eigenvalue weighted by Crippen LogP contribution is 2.34. The lowest BCUT2D eigenvalue weighted by molar-refractivity contribution is 0.0549. The molecule has 0 heterocycles. The maximum atomic E-state index is 13.3. The summed E-state index contributed by atoms with van der Waals surface area (Å²) in [5.41, 5.74) is 3.03. The third-order valence-electron chi connectivity index (χ3n) is 6.83. The number of carbonyl (C=O) groups is 3. The molecule has 0 aliphatic carbocycles. The predicted molar refractivity (Wildman–Crippen MR) is 144 cm³/mol. The molecule has 0 saturated carbocycles. The highest BCUT2D eigenvalue weighted by atomic mass is 16.5. The molecule has 0 radical (unpaired) electrons.